The van der Waals surface area contributed by atoms with Gasteiger partial charge in [-0.2, -0.15) is 0 Å². The standard InChI is InChI=1S/C11H17NO4/c1-14-8-4-10(15-2)9(6-12-7-13)11(5-8)16-3/h4-5,12-13H,6-7H2,1-3H3. The van der Waals surface area contributed by atoms with E-state index in [2.05, 4.69) is 5.32 Å². The molecule has 0 saturated carbocycles. The van der Waals surface area contributed by atoms with Gasteiger partial charge < -0.3 is 19.3 Å². The van der Waals surface area contributed by atoms with Crippen molar-refractivity contribution < 1.29 is 19.3 Å². The Morgan fingerprint density at radius 3 is 2.00 bits per heavy atom. The summed E-state index contributed by atoms with van der Waals surface area (Å²) in [5.41, 5.74) is 0.847. The van der Waals surface area contributed by atoms with E-state index in [4.69, 9.17) is 19.3 Å². The third kappa shape index (κ3) is 2.77. The van der Waals surface area contributed by atoms with Crippen molar-refractivity contribution in [2.45, 2.75) is 6.54 Å². The molecule has 0 radical (unpaired) electrons. The van der Waals surface area contributed by atoms with Crippen LogP contribution >= 0.6 is 0 Å². The largest absolute Gasteiger partial charge is 0.496 e. The molecule has 0 fully saturated rings. The topological polar surface area (TPSA) is 60.0 Å². The van der Waals surface area contributed by atoms with Crippen LogP contribution in [0.25, 0.3) is 0 Å². The summed E-state index contributed by atoms with van der Waals surface area (Å²) in [7, 11) is 4.74. The second kappa shape index (κ2) is 6.19. The lowest BCUT2D eigenvalue weighted by Crippen LogP contribution is -2.15. The van der Waals surface area contributed by atoms with Gasteiger partial charge in [0, 0.05) is 18.7 Å². The van der Waals surface area contributed by atoms with E-state index in [0.29, 0.717) is 23.8 Å². The predicted octanol–water partition coefficient (Wildman–Crippen LogP) is 0.752. The Hall–Kier alpha value is -1.46. The number of aliphatic hydroxyl groups is 1. The van der Waals surface area contributed by atoms with Crippen LogP contribution in [-0.4, -0.2) is 33.2 Å². The highest BCUT2D eigenvalue weighted by molar-refractivity contribution is 5.50. The molecule has 0 amide bonds. The third-order valence-electron chi connectivity index (χ3n) is 2.23. The van der Waals surface area contributed by atoms with E-state index < -0.39 is 0 Å². The average Bonchev–Trinajstić information content (AvgIpc) is 2.35. The highest BCUT2D eigenvalue weighted by Gasteiger charge is 2.12. The second-order valence-electron chi connectivity index (χ2n) is 3.10. The second-order valence-corrected chi connectivity index (χ2v) is 3.10. The van der Waals surface area contributed by atoms with Crippen molar-refractivity contribution >= 4 is 0 Å². The van der Waals surface area contributed by atoms with Crippen molar-refractivity contribution in [1.29, 1.82) is 0 Å². The Balaban J connectivity index is 3.09. The monoisotopic (exact) mass is 227 g/mol. The SMILES string of the molecule is COc1cc(OC)c(CNCO)c(OC)c1. The first-order valence-corrected chi connectivity index (χ1v) is 4.87. The summed E-state index contributed by atoms with van der Waals surface area (Å²) in [6.07, 6.45) is 0. The number of nitrogens with one attached hydrogen (secondary N) is 1. The van der Waals surface area contributed by atoms with Crippen LogP contribution in [0.4, 0.5) is 0 Å². The van der Waals surface area contributed by atoms with Gasteiger partial charge in [-0.15, -0.1) is 0 Å². The molecule has 16 heavy (non-hydrogen) atoms. The van der Waals surface area contributed by atoms with Gasteiger partial charge in [-0.05, 0) is 0 Å². The molecule has 1 rings (SSSR count). The molecule has 0 aliphatic rings. The maximum Gasteiger partial charge on any atom is 0.130 e. The van der Waals surface area contributed by atoms with Crippen LogP contribution < -0.4 is 19.5 Å². The van der Waals surface area contributed by atoms with Gasteiger partial charge in [0.05, 0.1) is 33.6 Å². The molecule has 0 spiro atoms. The molecule has 0 bridgehead atoms. The van der Waals surface area contributed by atoms with E-state index in [0.717, 1.165) is 5.56 Å². The molecule has 0 atom stereocenters. The lowest BCUT2D eigenvalue weighted by molar-refractivity contribution is 0.257. The van der Waals surface area contributed by atoms with Crippen LogP contribution in [0.1, 0.15) is 5.56 Å². The fourth-order valence-electron chi connectivity index (χ4n) is 1.43. The minimum atomic E-state index is -0.0989. The summed E-state index contributed by atoms with van der Waals surface area (Å²) in [6.45, 7) is 0.366. The Bertz CT molecular complexity index is 316. The Labute approximate surface area is 94.9 Å². The normalized spacial score (nSPS) is 10.0. The highest BCUT2D eigenvalue weighted by Crippen LogP contribution is 2.33. The van der Waals surface area contributed by atoms with E-state index in [9.17, 15) is 0 Å². The van der Waals surface area contributed by atoms with Crippen LogP contribution in [0.2, 0.25) is 0 Å². The molecule has 0 aliphatic heterocycles. The molecular formula is C11H17NO4. The van der Waals surface area contributed by atoms with Crippen molar-refractivity contribution in [2.24, 2.45) is 0 Å². The van der Waals surface area contributed by atoms with Gasteiger partial charge in [-0.3, -0.25) is 5.32 Å². The zero-order chi connectivity index (χ0) is 12.0. The molecule has 0 aromatic heterocycles. The summed E-state index contributed by atoms with van der Waals surface area (Å²) in [5, 5.41) is 11.5. The number of rotatable bonds is 6. The lowest BCUT2D eigenvalue weighted by Gasteiger charge is -2.14. The molecular weight excluding hydrogens is 210 g/mol. The number of methoxy groups -OCH3 is 3. The number of aliphatic hydroxyl groups excluding tert-OH is 1. The quantitative estimate of drug-likeness (QED) is 0.702. The summed E-state index contributed by atoms with van der Waals surface area (Å²) >= 11 is 0. The maximum absolute atomic E-state index is 8.74. The van der Waals surface area contributed by atoms with Crippen molar-refractivity contribution in [3.63, 3.8) is 0 Å². The van der Waals surface area contributed by atoms with Gasteiger partial charge in [0.15, 0.2) is 0 Å². The van der Waals surface area contributed by atoms with Crippen molar-refractivity contribution in [1.82, 2.24) is 5.32 Å². The van der Waals surface area contributed by atoms with Crippen LogP contribution in [0.15, 0.2) is 12.1 Å². The number of benzene rings is 1. The summed E-state index contributed by atoms with van der Waals surface area (Å²) in [5.74, 6) is 2.00. The van der Waals surface area contributed by atoms with E-state index in [1.807, 2.05) is 0 Å². The van der Waals surface area contributed by atoms with Gasteiger partial charge in [0.2, 0.25) is 0 Å². The average molecular weight is 227 g/mol. The molecule has 5 heteroatoms. The molecule has 0 saturated heterocycles. The molecule has 2 N–H and O–H groups in total. The van der Waals surface area contributed by atoms with Gasteiger partial charge in [-0.25, -0.2) is 0 Å². The van der Waals surface area contributed by atoms with Crippen LogP contribution in [-0.2, 0) is 6.54 Å². The molecule has 1 aromatic carbocycles. The van der Waals surface area contributed by atoms with Gasteiger partial charge >= 0.3 is 0 Å². The molecule has 0 aliphatic carbocycles. The predicted molar refractivity (Wildman–Crippen MR) is 60.0 cm³/mol. The molecule has 0 heterocycles. The Morgan fingerprint density at radius 1 is 1.06 bits per heavy atom. The van der Waals surface area contributed by atoms with Crippen LogP contribution in [0.3, 0.4) is 0 Å². The van der Waals surface area contributed by atoms with Crippen molar-refractivity contribution in [3.05, 3.63) is 17.7 Å². The lowest BCUT2D eigenvalue weighted by atomic mass is 10.1. The molecule has 1 aromatic rings. The Kier molecular flexibility index (Phi) is 4.88. The summed E-state index contributed by atoms with van der Waals surface area (Å²) < 4.78 is 15.6. The van der Waals surface area contributed by atoms with Gasteiger partial charge in [-0.1, -0.05) is 0 Å². The summed E-state index contributed by atoms with van der Waals surface area (Å²) in [6, 6.07) is 3.55. The minimum Gasteiger partial charge on any atom is -0.496 e. The zero-order valence-electron chi connectivity index (χ0n) is 9.74. The third-order valence-corrected chi connectivity index (χ3v) is 2.23. The highest BCUT2D eigenvalue weighted by atomic mass is 16.5. The first-order valence-electron chi connectivity index (χ1n) is 4.87. The van der Waals surface area contributed by atoms with Crippen molar-refractivity contribution in [3.8, 4) is 17.2 Å². The van der Waals surface area contributed by atoms with Crippen LogP contribution in [0, 0.1) is 0 Å². The van der Waals surface area contributed by atoms with E-state index in [-0.39, 0.29) is 6.73 Å². The fourth-order valence-corrected chi connectivity index (χ4v) is 1.43. The molecule has 90 valence electrons. The van der Waals surface area contributed by atoms with Crippen LogP contribution in [0.5, 0.6) is 17.2 Å². The fraction of sp³-hybridized carbons (Fsp3) is 0.455. The van der Waals surface area contributed by atoms with E-state index >= 15 is 0 Å². The first-order chi connectivity index (χ1) is 7.76. The number of ether oxygens (including phenoxy) is 3. The smallest absolute Gasteiger partial charge is 0.130 e. The van der Waals surface area contributed by atoms with Crippen molar-refractivity contribution in [2.75, 3.05) is 28.1 Å². The minimum absolute atomic E-state index is 0.0989. The van der Waals surface area contributed by atoms with E-state index in [1.54, 1.807) is 33.5 Å². The zero-order valence-corrected chi connectivity index (χ0v) is 9.74. The number of hydrogen-bond acceptors (Lipinski definition) is 5. The molecule has 0 unspecified atom stereocenters. The van der Waals surface area contributed by atoms with Gasteiger partial charge in [0.25, 0.3) is 0 Å². The maximum atomic E-state index is 8.74. The van der Waals surface area contributed by atoms with E-state index in [1.165, 1.54) is 0 Å². The number of hydrogen-bond donors (Lipinski definition) is 2. The Morgan fingerprint density at radius 2 is 1.62 bits per heavy atom. The van der Waals surface area contributed by atoms with Gasteiger partial charge in [0.1, 0.15) is 17.2 Å². The summed E-state index contributed by atoms with van der Waals surface area (Å²) in [4.78, 5) is 0. The first kappa shape index (κ1) is 12.6. The molecule has 5 nitrogen and oxygen atoms in total.